The molecule has 0 heterocycles. The van der Waals surface area contributed by atoms with Gasteiger partial charge < -0.3 is 11.5 Å². The molecule has 0 unspecified atom stereocenters. The molecule has 0 aliphatic rings. The fraction of sp³-hybridized carbons (Fsp3) is 0. The van der Waals surface area contributed by atoms with Gasteiger partial charge in [-0.3, -0.25) is 4.79 Å². The Hall–Kier alpha value is -1.77. The van der Waals surface area contributed by atoms with Crippen molar-refractivity contribution in [3.63, 3.8) is 0 Å². The average Bonchev–Trinajstić information content (AvgIpc) is 2.03. The lowest BCUT2D eigenvalue weighted by molar-refractivity contribution is 0.100. The Balaban J connectivity index is 3.20. The molecule has 3 heteroatoms. The van der Waals surface area contributed by atoms with Gasteiger partial charge in [-0.05, 0) is 17.7 Å². The molecular formula is C9H10N2O. The number of amides is 1. The van der Waals surface area contributed by atoms with E-state index < -0.39 is 5.91 Å². The molecule has 0 aliphatic heterocycles. The largest absolute Gasteiger partial charge is 0.398 e. The fourth-order valence-electron chi connectivity index (χ4n) is 0.933. The van der Waals surface area contributed by atoms with Gasteiger partial charge in [-0.25, -0.2) is 0 Å². The van der Waals surface area contributed by atoms with Crippen molar-refractivity contribution in [1.29, 1.82) is 0 Å². The lowest BCUT2D eigenvalue weighted by Gasteiger charge is -2.01. The highest BCUT2D eigenvalue weighted by Crippen LogP contribution is 2.13. The van der Waals surface area contributed by atoms with Gasteiger partial charge in [0.25, 0.3) is 5.91 Å². The molecule has 0 radical (unpaired) electrons. The van der Waals surface area contributed by atoms with E-state index in [-0.39, 0.29) is 0 Å². The number of benzene rings is 1. The summed E-state index contributed by atoms with van der Waals surface area (Å²) in [6.07, 6.45) is 1.65. The standard InChI is InChI=1S/C9H10N2O/c1-2-6-3-4-7(9(11)12)8(10)5-6/h2-5H,1,10H2,(H2,11,12). The maximum absolute atomic E-state index is 10.7. The summed E-state index contributed by atoms with van der Waals surface area (Å²) >= 11 is 0. The molecule has 1 amide bonds. The van der Waals surface area contributed by atoms with Gasteiger partial charge in [0.05, 0.1) is 5.56 Å². The number of rotatable bonds is 2. The normalized spacial score (nSPS) is 9.33. The number of hydrogen-bond donors (Lipinski definition) is 2. The van der Waals surface area contributed by atoms with E-state index >= 15 is 0 Å². The fourth-order valence-corrected chi connectivity index (χ4v) is 0.933. The van der Waals surface area contributed by atoms with Gasteiger partial charge in [-0.1, -0.05) is 18.7 Å². The van der Waals surface area contributed by atoms with Crippen LogP contribution in [0.3, 0.4) is 0 Å². The molecule has 12 heavy (non-hydrogen) atoms. The van der Waals surface area contributed by atoms with Crippen molar-refractivity contribution in [2.24, 2.45) is 5.73 Å². The molecule has 0 saturated heterocycles. The van der Waals surface area contributed by atoms with Crippen molar-refractivity contribution < 1.29 is 4.79 Å². The van der Waals surface area contributed by atoms with Gasteiger partial charge in [0.1, 0.15) is 0 Å². The molecule has 0 aliphatic carbocycles. The third-order valence-electron chi connectivity index (χ3n) is 1.58. The van der Waals surface area contributed by atoms with Crippen LogP contribution in [0.2, 0.25) is 0 Å². The highest BCUT2D eigenvalue weighted by Gasteiger charge is 2.04. The van der Waals surface area contributed by atoms with Crippen LogP contribution in [0, 0.1) is 0 Å². The van der Waals surface area contributed by atoms with Crippen LogP contribution in [0.25, 0.3) is 6.08 Å². The van der Waals surface area contributed by atoms with Crippen LogP contribution in [0.4, 0.5) is 5.69 Å². The van der Waals surface area contributed by atoms with Crippen molar-refractivity contribution in [2.75, 3.05) is 5.73 Å². The monoisotopic (exact) mass is 162 g/mol. The molecule has 1 aromatic carbocycles. The van der Waals surface area contributed by atoms with E-state index in [1.54, 1.807) is 24.3 Å². The summed E-state index contributed by atoms with van der Waals surface area (Å²) in [7, 11) is 0. The van der Waals surface area contributed by atoms with Crippen molar-refractivity contribution >= 4 is 17.7 Å². The summed E-state index contributed by atoms with van der Waals surface area (Å²) in [6.45, 7) is 3.57. The van der Waals surface area contributed by atoms with Crippen molar-refractivity contribution in [3.05, 3.63) is 35.9 Å². The predicted octanol–water partition coefficient (Wildman–Crippen LogP) is 1.01. The molecule has 0 atom stereocenters. The highest BCUT2D eigenvalue weighted by atomic mass is 16.1. The SMILES string of the molecule is C=Cc1ccc(C(N)=O)c(N)c1. The van der Waals surface area contributed by atoms with Gasteiger partial charge >= 0.3 is 0 Å². The second-order valence-corrected chi connectivity index (χ2v) is 2.42. The minimum absolute atomic E-state index is 0.348. The topological polar surface area (TPSA) is 69.1 Å². The third kappa shape index (κ3) is 1.45. The molecule has 1 aromatic rings. The van der Waals surface area contributed by atoms with Crippen molar-refractivity contribution in [2.45, 2.75) is 0 Å². The summed E-state index contributed by atoms with van der Waals surface area (Å²) in [5, 5.41) is 0. The zero-order valence-electron chi connectivity index (χ0n) is 6.58. The zero-order valence-corrected chi connectivity index (χ0v) is 6.58. The second kappa shape index (κ2) is 3.09. The molecule has 3 nitrogen and oxygen atoms in total. The van der Waals surface area contributed by atoms with Gasteiger partial charge in [-0.15, -0.1) is 0 Å². The van der Waals surface area contributed by atoms with Gasteiger partial charge in [0, 0.05) is 5.69 Å². The second-order valence-electron chi connectivity index (χ2n) is 2.42. The van der Waals surface area contributed by atoms with Crippen LogP contribution in [-0.4, -0.2) is 5.91 Å². The van der Waals surface area contributed by atoms with Crippen LogP contribution in [-0.2, 0) is 0 Å². The van der Waals surface area contributed by atoms with E-state index in [0.29, 0.717) is 11.3 Å². The van der Waals surface area contributed by atoms with Crippen LogP contribution in [0.15, 0.2) is 24.8 Å². The molecule has 1 rings (SSSR count). The van der Waals surface area contributed by atoms with E-state index in [1.165, 1.54) is 0 Å². The summed E-state index contributed by atoms with van der Waals surface area (Å²) in [5.41, 5.74) is 12.2. The third-order valence-corrected chi connectivity index (χ3v) is 1.58. The quantitative estimate of drug-likeness (QED) is 0.637. The first-order valence-corrected chi connectivity index (χ1v) is 3.47. The first-order chi connectivity index (χ1) is 5.65. The number of hydrogen-bond acceptors (Lipinski definition) is 2. The molecular weight excluding hydrogens is 152 g/mol. The number of nitrogen functional groups attached to an aromatic ring is 1. The van der Waals surface area contributed by atoms with Crippen LogP contribution in [0.5, 0.6) is 0 Å². The van der Waals surface area contributed by atoms with E-state index in [1.807, 2.05) is 0 Å². The Morgan fingerprint density at radius 2 is 2.17 bits per heavy atom. The summed E-state index contributed by atoms with van der Waals surface area (Å²) in [5.74, 6) is -0.511. The maximum atomic E-state index is 10.7. The highest BCUT2D eigenvalue weighted by molar-refractivity contribution is 5.98. The number of carbonyl (C=O) groups excluding carboxylic acids is 1. The minimum Gasteiger partial charge on any atom is -0.398 e. The summed E-state index contributed by atoms with van der Waals surface area (Å²) in [4.78, 5) is 10.7. The Bertz CT molecular complexity index is 331. The van der Waals surface area contributed by atoms with Crippen molar-refractivity contribution in [1.82, 2.24) is 0 Å². The number of primary amides is 1. The van der Waals surface area contributed by atoms with Gasteiger partial charge in [-0.2, -0.15) is 0 Å². The molecule has 4 N–H and O–H groups in total. The van der Waals surface area contributed by atoms with E-state index in [0.717, 1.165) is 5.56 Å². The average molecular weight is 162 g/mol. The Morgan fingerprint density at radius 3 is 2.58 bits per heavy atom. The smallest absolute Gasteiger partial charge is 0.250 e. The molecule has 0 spiro atoms. The summed E-state index contributed by atoms with van der Waals surface area (Å²) in [6, 6.07) is 4.99. The van der Waals surface area contributed by atoms with Crippen LogP contribution < -0.4 is 11.5 Å². The Labute approximate surface area is 70.7 Å². The lowest BCUT2D eigenvalue weighted by atomic mass is 10.1. The van der Waals surface area contributed by atoms with E-state index in [9.17, 15) is 4.79 Å². The number of nitrogens with two attached hydrogens (primary N) is 2. The first-order valence-electron chi connectivity index (χ1n) is 3.47. The zero-order chi connectivity index (χ0) is 9.14. The van der Waals surface area contributed by atoms with Gasteiger partial charge in [0.15, 0.2) is 0 Å². The predicted molar refractivity (Wildman–Crippen MR) is 49.5 cm³/mol. The van der Waals surface area contributed by atoms with E-state index in [2.05, 4.69) is 6.58 Å². The number of carbonyl (C=O) groups is 1. The molecule has 0 fully saturated rings. The Morgan fingerprint density at radius 1 is 1.50 bits per heavy atom. The maximum Gasteiger partial charge on any atom is 0.250 e. The van der Waals surface area contributed by atoms with Gasteiger partial charge in [0.2, 0.25) is 0 Å². The molecule has 0 aromatic heterocycles. The first kappa shape index (κ1) is 8.33. The van der Waals surface area contributed by atoms with E-state index in [4.69, 9.17) is 11.5 Å². The molecule has 0 bridgehead atoms. The van der Waals surface area contributed by atoms with Crippen LogP contribution in [0.1, 0.15) is 15.9 Å². The molecule has 0 saturated carbocycles. The Kier molecular flexibility index (Phi) is 2.14. The lowest BCUT2D eigenvalue weighted by Crippen LogP contribution is -2.13. The van der Waals surface area contributed by atoms with Crippen molar-refractivity contribution in [3.8, 4) is 0 Å². The minimum atomic E-state index is -0.511. The van der Waals surface area contributed by atoms with Crippen LogP contribution >= 0.6 is 0 Å². The summed E-state index contributed by atoms with van der Waals surface area (Å²) < 4.78 is 0. The number of anilines is 1. The molecule has 62 valence electrons.